The topological polar surface area (TPSA) is 109 Å². The molecule has 2 aliphatic rings. The van der Waals surface area contributed by atoms with Crippen molar-refractivity contribution in [3.8, 4) is 11.5 Å². The third-order valence-corrected chi connectivity index (χ3v) is 4.36. The number of likely N-dealkylation sites (N-methyl/N-ethyl adjacent to an activating group) is 1. The lowest BCUT2D eigenvalue weighted by Gasteiger charge is -2.23. The van der Waals surface area contributed by atoms with Crippen LogP contribution in [0.5, 0.6) is 11.5 Å². The van der Waals surface area contributed by atoms with Crippen molar-refractivity contribution < 1.29 is 28.6 Å². The zero-order valence-corrected chi connectivity index (χ0v) is 15.9. The molecule has 0 unspecified atom stereocenters. The third-order valence-electron chi connectivity index (χ3n) is 4.36. The smallest absolute Gasteiger partial charge is 0.309 e. The number of nitrogens with zero attached hydrogens (tertiary/aromatic N) is 2. The van der Waals surface area contributed by atoms with Gasteiger partial charge in [0.25, 0.3) is 5.91 Å². The van der Waals surface area contributed by atoms with E-state index in [1.807, 2.05) is 19.0 Å². The van der Waals surface area contributed by atoms with E-state index in [1.165, 1.54) is 4.90 Å². The van der Waals surface area contributed by atoms with E-state index in [4.69, 9.17) is 14.2 Å². The highest BCUT2D eigenvalue weighted by atomic mass is 16.7. The predicted octanol–water partition coefficient (Wildman–Crippen LogP) is -0.992. The van der Waals surface area contributed by atoms with Crippen LogP contribution in [-0.4, -0.2) is 87.4 Å². The second kappa shape index (κ2) is 8.89. The van der Waals surface area contributed by atoms with Gasteiger partial charge in [-0.15, -0.1) is 0 Å². The highest BCUT2D eigenvalue weighted by molar-refractivity contribution is 6.35. The number of carbonyl (C=O) groups excluding carboxylic acids is 3. The van der Waals surface area contributed by atoms with Crippen LogP contribution in [0.3, 0.4) is 0 Å². The van der Waals surface area contributed by atoms with E-state index in [-0.39, 0.29) is 19.2 Å². The fourth-order valence-electron chi connectivity index (χ4n) is 2.85. The predicted molar refractivity (Wildman–Crippen MR) is 97.9 cm³/mol. The van der Waals surface area contributed by atoms with Crippen molar-refractivity contribution in [2.24, 2.45) is 0 Å². The Morgan fingerprint density at radius 1 is 1.14 bits per heavy atom. The summed E-state index contributed by atoms with van der Waals surface area (Å²) in [5.41, 5.74) is 0.438. The van der Waals surface area contributed by atoms with Gasteiger partial charge in [0, 0.05) is 25.2 Å². The molecule has 152 valence electrons. The van der Waals surface area contributed by atoms with Gasteiger partial charge in [0.2, 0.25) is 6.79 Å². The van der Waals surface area contributed by atoms with Crippen LogP contribution in [0.1, 0.15) is 10.4 Å². The molecule has 28 heavy (non-hydrogen) atoms. The van der Waals surface area contributed by atoms with Crippen molar-refractivity contribution in [2.45, 2.75) is 6.23 Å². The zero-order valence-electron chi connectivity index (χ0n) is 15.9. The number of rotatable bonds is 6. The van der Waals surface area contributed by atoms with Crippen LogP contribution < -0.4 is 20.1 Å². The maximum Gasteiger partial charge on any atom is 0.309 e. The second-order valence-corrected chi connectivity index (χ2v) is 6.66. The Morgan fingerprint density at radius 2 is 1.89 bits per heavy atom. The number of amides is 3. The number of carbonyl (C=O) groups is 3. The average molecular weight is 392 g/mol. The number of hydrogen-bond acceptors (Lipinski definition) is 7. The lowest BCUT2D eigenvalue weighted by atomic mass is 10.1. The number of hydrogen-bond donors (Lipinski definition) is 2. The summed E-state index contributed by atoms with van der Waals surface area (Å²) in [6.07, 6.45) is -0.642. The first-order valence-electron chi connectivity index (χ1n) is 8.98. The van der Waals surface area contributed by atoms with E-state index >= 15 is 0 Å². The van der Waals surface area contributed by atoms with E-state index in [0.29, 0.717) is 43.3 Å². The van der Waals surface area contributed by atoms with E-state index in [0.717, 1.165) is 0 Å². The SMILES string of the molecule is CN(C)CCNC(=O)C(=O)NC[C@@H]1OCCN1C(=O)c1ccc2c(c1)OCO2. The van der Waals surface area contributed by atoms with Crippen molar-refractivity contribution in [3.05, 3.63) is 23.8 Å². The molecule has 2 aliphatic heterocycles. The molecule has 0 aromatic heterocycles. The first kappa shape index (κ1) is 19.9. The molecule has 1 aromatic carbocycles. The molecular formula is C18H24N4O6. The van der Waals surface area contributed by atoms with Gasteiger partial charge in [-0.3, -0.25) is 14.4 Å². The molecule has 1 aromatic rings. The summed E-state index contributed by atoms with van der Waals surface area (Å²) in [5.74, 6) is -0.604. The minimum atomic E-state index is -0.760. The van der Waals surface area contributed by atoms with E-state index < -0.39 is 18.0 Å². The van der Waals surface area contributed by atoms with Crippen molar-refractivity contribution in [3.63, 3.8) is 0 Å². The molecule has 2 N–H and O–H groups in total. The Bertz CT molecular complexity index is 754. The molecule has 0 saturated carbocycles. The first-order chi connectivity index (χ1) is 13.5. The van der Waals surface area contributed by atoms with Gasteiger partial charge in [0.05, 0.1) is 13.2 Å². The van der Waals surface area contributed by atoms with E-state index in [9.17, 15) is 14.4 Å². The molecule has 0 radical (unpaired) electrons. The summed E-state index contributed by atoms with van der Waals surface area (Å²) in [6, 6.07) is 4.96. The summed E-state index contributed by atoms with van der Waals surface area (Å²) < 4.78 is 16.1. The zero-order chi connectivity index (χ0) is 20.1. The first-order valence-corrected chi connectivity index (χ1v) is 8.98. The van der Waals surface area contributed by atoms with Gasteiger partial charge < -0.3 is 34.6 Å². The molecule has 1 fully saturated rings. The van der Waals surface area contributed by atoms with Crippen molar-refractivity contribution in [1.82, 2.24) is 20.4 Å². The van der Waals surface area contributed by atoms with Gasteiger partial charge in [-0.25, -0.2) is 0 Å². The van der Waals surface area contributed by atoms with Crippen LogP contribution in [0.4, 0.5) is 0 Å². The number of ether oxygens (including phenoxy) is 3. The molecular weight excluding hydrogens is 368 g/mol. The Labute approximate surface area is 162 Å². The fourth-order valence-corrected chi connectivity index (χ4v) is 2.85. The lowest BCUT2D eigenvalue weighted by molar-refractivity contribution is -0.139. The van der Waals surface area contributed by atoms with Crippen LogP contribution >= 0.6 is 0 Å². The van der Waals surface area contributed by atoms with Gasteiger partial charge in [-0.2, -0.15) is 0 Å². The number of fused-ring (bicyclic) bond motifs is 1. The molecule has 10 nitrogen and oxygen atoms in total. The minimum absolute atomic E-state index is 0.0240. The summed E-state index contributed by atoms with van der Waals surface area (Å²) in [4.78, 5) is 39.9. The number of nitrogens with one attached hydrogen (secondary N) is 2. The van der Waals surface area contributed by atoms with Gasteiger partial charge in [0.15, 0.2) is 11.5 Å². The molecule has 1 atom stereocenters. The Hall–Kier alpha value is -2.85. The highest BCUT2D eigenvalue weighted by Gasteiger charge is 2.32. The summed E-state index contributed by atoms with van der Waals surface area (Å²) in [6.45, 7) is 1.90. The monoisotopic (exact) mass is 392 g/mol. The minimum Gasteiger partial charge on any atom is -0.454 e. The number of benzene rings is 1. The standard InChI is InChI=1S/C18H24N4O6/c1-21(2)6-5-19-16(23)17(24)20-10-15-22(7-8-26-15)18(25)12-3-4-13-14(9-12)28-11-27-13/h3-4,9,15H,5-8,10-11H2,1-2H3,(H,19,23)(H,20,24)/t15-/m0/s1. The summed E-state index contributed by atoms with van der Waals surface area (Å²) in [7, 11) is 3.74. The molecule has 0 bridgehead atoms. The molecule has 0 aliphatic carbocycles. The van der Waals surface area contributed by atoms with Gasteiger partial charge >= 0.3 is 11.8 Å². The Morgan fingerprint density at radius 3 is 2.68 bits per heavy atom. The summed E-state index contributed by atoms with van der Waals surface area (Å²) in [5, 5.41) is 5.05. The van der Waals surface area contributed by atoms with Crippen molar-refractivity contribution in [2.75, 3.05) is 53.7 Å². The average Bonchev–Trinajstić information content (AvgIpc) is 3.33. The van der Waals surface area contributed by atoms with Crippen LogP contribution in [0, 0.1) is 0 Å². The van der Waals surface area contributed by atoms with Crippen LogP contribution in [0.15, 0.2) is 18.2 Å². The van der Waals surface area contributed by atoms with E-state index in [2.05, 4.69) is 10.6 Å². The van der Waals surface area contributed by atoms with E-state index in [1.54, 1.807) is 18.2 Å². The molecule has 0 spiro atoms. The molecule has 3 rings (SSSR count). The van der Waals surface area contributed by atoms with Gasteiger partial charge in [-0.1, -0.05) is 0 Å². The van der Waals surface area contributed by atoms with Gasteiger partial charge in [-0.05, 0) is 32.3 Å². The Balaban J connectivity index is 1.52. The largest absolute Gasteiger partial charge is 0.454 e. The third kappa shape index (κ3) is 4.70. The highest BCUT2D eigenvalue weighted by Crippen LogP contribution is 2.33. The maximum atomic E-state index is 12.8. The quantitative estimate of drug-likeness (QED) is 0.598. The lowest BCUT2D eigenvalue weighted by Crippen LogP contribution is -2.48. The normalized spacial score (nSPS) is 17.7. The van der Waals surface area contributed by atoms with Crippen LogP contribution in [0.25, 0.3) is 0 Å². The molecule has 1 saturated heterocycles. The molecule has 3 amide bonds. The fraction of sp³-hybridized carbons (Fsp3) is 0.500. The molecule has 2 heterocycles. The molecule has 10 heteroatoms. The Kier molecular flexibility index (Phi) is 6.32. The van der Waals surface area contributed by atoms with Crippen molar-refractivity contribution >= 4 is 17.7 Å². The second-order valence-electron chi connectivity index (χ2n) is 6.66. The van der Waals surface area contributed by atoms with Crippen LogP contribution in [-0.2, 0) is 14.3 Å². The van der Waals surface area contributed by atoms with Crippen LogP contribution in [0.2, 0.25) is 0 Å². The van der Waals surface area contributed by atoms with Crippen molar-refractivity contribution in [1.29, 1.82) is 0 Å². The maximum absolute atomic E-state index is 12.8. The van der Waals surface area contributed by atoms with Gasteiger partial charge in [0.1, 0.15) is 6.23 Å². The summed E-state index contributed by atoms with van der Waals surface area (Å²) >= 11 is 0.